The molecule has 1 fully saturated rings. The maximum atomic E-state index is 15.3. The van der Waals surface area contributed by atoms with Gasteiger partial charge in [-0.3, -0.25) is 87.4 Å². The Morgan fingerprint density at radius 3 is 1.57 bits per heavy atom. The molecule has 0 radical (unpaired) electrons. The number of para-hydroxylation sites is 2. The molecule has 0 saturated carbocycles. The summed E-state index contributed by atoms with van der Waals surface area (Å²) in [6.07, 6.45) is -1.05. The number of carbonyl (C=O) groups is 17. The highest BCUT2D eigenvalue weighted by molar-refractivity contribution is 8.76. The van der Waals surface area contributed by atoms with E-state index in [0.29, 0.717) is 67.5 Å². The first-order valence-electron chi connectivity index (χ1n) is 48.5. The number of hydrogen-bond donors (Lipinski definition) is 26. The summed E-state index contributed by atoms with van der Waals surface area (Å²) in [7, 11) is 1.43. The number of amides is 14. The second-order valence-electron chi connectivity index (χ2n) is 35.8. The van der Waals surface area contributed by atoms with Crippen LogP contribution in [0, 0.1) is 23.2 Å². The van der Waals surface area contributed by atoms with Gasteiger partial charge in [0.25, 0.3) is 0 Å². The van der Waals surface area contributed by atoms with Crippen LogP contribution in [0.3, 0.4) is 0 Å². The van der Waals surface area contributed by atoms with Gasteiger partial charge in [0.05, 0.1) is 116 Å². The number of carboxylic acids is 3. The number of azide groups is 1. The Kier molecular flexibility index (Phi) is 55.6. The van der Waals surface area contributed by atoms with Gasteiger partial charge < -0.3 is 154 Å². The summed E-state index contributed by atoms with van der Waals surface area (Å²) in [5.41, 5.74) is 16.1. The Hall–Kier alpha value is -13.4. The summed E-state index contributed by atoms with van der Waals surface area (Å²) in [5.74, 6) is -21.0. The van der Waals surface area contributed by atoms with Gasteiger partial charge in [-0.25, -0.2) is 9.78 Å². The molecule has 14 amide bonds. The number of rotatable bonds is 53. The van der Waals surface area contributed by atoms with Gasteiger partial charge in [-0.1, -0.05) is 105 Å². The van der Waals surface area contributed by atoms with Crippen molar-refractivity contribution in [2.45, 2.75) is 223 Å². The first-order valence-corrected chi connectivity index (χ1v) is 50.9. The number of aliphatic carboxylic acids is 3. The molecule has 818 valence electrons. The predicted molar refractivity (Wildman–Crippen MR) is 539 cm³/mol. The lowest BCUT2D eigenvalue weighted by Gasteiger charge is -2.29. The Morgan fingerprint density at radius 1 is 0.547 bits per heavy atom. The van der Waals surface area contributed by atoms with E-state index in [4.69, 9.17) is 45.1 Å². The lowest BCUT2D eigenvalue weighted by atomic mass is 9.98. The molecule has 55 heteroatoms. The first-order chi connectivity index (χ1) is 70.6. The number of fused-ring (bicyclic) bond motifs is 2. The van der Waals surface area contributed by atoms with Crippen LogP contribution in [0.5, 0.6) is 0 Å². The molecule has 1 unspecified atom stereocenters. The van der Waals surface area contributed by atoms with Crippen molar-refractivity contribution in [3.05, 3.63) is 101 Å². The molecule has 5 aromatic rings. The summed E-state index contributed by atoms with van der Waals surface area (Å²) in [5, 5.41) is 106. The van der Waals surface area contributed by atoms with Crippen LogP contribution < -0.4 is 90.8 Å². The average molecular weight is 2120 g/mol. The van der Waals surface area contributed by atoms with Crippen molar-refractivity contribution in [2.24, 2.45) is 28.6 Å². The topological polar surface area (TPSA) is 798 Å². The molecule has 0 bridgehead atoms. The largest absolute Gasteiger partial charge is 0.481 e. The number of nitrogens with zero attached hydrogens (tertiary/aromatic N) is 4. The highest BCUT2D eigenvalue weighted by atomic mass is 33.1. The van der Waals surface area contributed by atoms with Gasteiger partial charge in [0.1, 0.15) is 72.7 Å². The smallest absolute Gasteiger partial charge is 0.328 e. The summed E-state index contributed by atoms with van der Waals surface area (Å²) in [4.78, 5) is 255. The minimum atomic E-state index is -2.01. The summed E-state index contributed by atoms with van der Waals surface area (Å²) in [6.45, 7) is 13.5. The molecule has 53 nitrogen and oxygen atoms in total. The number of ether oxygens (including phenoxy) is 6. The van der Waals surface area contributed by atoms with Crippen molar-refractivity contribution < 1.29 is 135 Å². The highest BCUT2D eigenvalue weighted by Crippen LogP contribution is 2.26. The number of nitrogens with two attached hydrogens (primary N) is 1. The standard InChI is InChI=1S/C93H141N25O28S2/c1-51(2)38-65-82(129)102-47-75(122)107-64(19-20-76(123)124)83(130)111-66(39-52(3)4)88(135)116-78(53(5)6)91(138)113-68(41-57-45-101-62-17-12-10-15-60(57)62)85(132)115-72(90(137)117-79(55(8)119)92(139)140)49-148-147-48-71(89(136)105-54(7)80(127)109-67(40-56-44-100-61-16-11-9-14-59(56)61)84(131)112-69(86(133)110-65)42-58-46-97-50-103-58)114-87(134)70(43-77(125)126)108-74(121)22-26-141-28-30-143-32-34-145-36-37-146-35-33-144-31-29-142-27-25-98-81(128)63(18-13-23-99-93(94)95)106-73(120)21-24-104-118-96/h9-12,14-17,44-46,50-55,63-72,75,78-79,100-101,107,119,122H,13,18-43,47-49H2,1-8H3,(H,97,103)(H,98,128)(H,102,129)(H,105,136)(H,106,120)(H,108,121)(H,109,127)(H,110,133)(H,111,130)(H,112,131)(H,113,138)(H,114,134)(H,115,132)(H,116,135)(H,117,137)(H,123,124)(H,125,126)(H,139,140)(H4,94,95,99)/t54-,55+,63+,64-,65-,66-,67-,68-,69-,70-,71-,72-,75?,78-,79-/m0/s1. The van der Waals surface area contributed by atoms with Crippen LogP contribution in [0.1, 0.15) is 130 Å². The number of benzene rings is 2. The van der Waals surface area contributed by atoms with Crippen LogP contribution in [-0.4, -0.2) is 360 Å². The van der Waals surface area contributed by atoms with Crippen LogP contribution in [0.25, 0.3) is 32.2 Å². The van der Waals surface area contributed by atoms with Crippen LogP contribution in [-0.2, 0) is 129 Å². The molecule has 6 rings (SSSR count). The van der Waals surface area contributed by atoms with E-state index in [9.17, 15) is 87.9 Å². The molecule has 27 N–H and O–H groups in total. The number of carbonyl (C=O) groups excluding carboxylic acids is 14. The number of aromatic amines is 3. The van der Waals surface area contributed by atoms with Crippen molar-refractivity contribution in [1.82, 2.24) is 105 Å². The fourth-order valence-electron chi connectivity index (χ4n) is 14.8. The van der Waals surface area contributed by atoms with E-state index < -0.39 is 241 Å². The van der Waals surface area contributed by atoms with E-state index in [-0.39, 0.29) is 161 Å². The van der Waals surface area contributed by atoms with E-state index in [2.05, 4.69) is 115 Å². The highest BCUT2D eigenvalue weighted by Gasteiger charge is 2.40. The molecular formula is C93H141N25O28S2. The molecule has 1 aliphatic rings. The van der Waals surface area contributed by atoms with Gasteiger partial charge in [0.2, 0.25) is 82.7 Å². The normalized spacial score (nSPS) is 20.6. The van der Waals surface area contributed by atoms with Crippen LogP contribution >= 0.6 is 21.6 Å². The van der Waals surface area contributed by atoms with Gasteiger partial charge in [-0.15, -0.1) is 0 Å². The monoisotopic (exact) mass is 2120 g/mol. The zero-order chi connectivity index (χ0) is 109. The first kappa shape index (κ1) is 123. The molecule has 0 spiro atoms. The number of aliphatic hydroxyl groups excluding tert-OH is 2. The van der Waals surface area contributed by atoms with E-state index in [1.807, 2.05) is 0 Å². The molecule has 1 aliphatic heterocycles. The van der Waals surface area contributed by atoms with Gasteiger partial charge in [0, 0.05) is 115 Å². The minimum Gasteiger partial charge on any atom is -0.481 e. The number of imidazole rings is 1. The average Bonchev–Trinajstić information content (AvgIpc) is 1.68. The van der Waals surface area contributed by atoms with Crippen molar-refractivity contribution in [2.75, 3.05) is 117 Å². The molecule has 15 atom stereocenters. The van der Waals surface area contributed by atoms with Gasteiger partial charge in [-0.2, -0.15) is 0 Å². The Labute approximate surface area is 861 Å². The second kappa shape index (κ2) is 66.8. The summed E-state index contributed by atoms with van der Waals surface area (Å²) in [6, 6.07) is -7.42. The molecule has 1 saturated heterocycles. The van der Waals surface area contributed by atoms with E-state index in [1.54, 1.807) is 102 Å². The van der Waals surface area contributed by atoms with E-state index in [0.717, 1.165) is 6.92 Å². The Morgan fingerprint density at radius 2 is 1.05 bits per heavy atom. The molecular weight excluding hydrogens is 1980 g/mol. The van der Waals surface area contributed by atoms with E-state index in [1.165, 1.54) is 19.4 Å². The third-order valence-electron chi connectivity index (χ3n) is 22.5. The summed E-state index contributed by atoms with van der Waals surface area (Å²) < 4.78 is 33.3. The number of carboxylic acid groups (broad SMARTS) is 3. The minimum absolute atomic E-state index is 0.0355. The SMILES string of the molecule is CC(C)C[C@@H]1NC(=O)[C@H](Cc2c[nH]cn2)NC(=O)[C@H](Cc2c[nH]c3ccccc23)NC(=O)[C@H](C)NC(=O)[C@@H](NC(=O)[C@H](CC(=O)O)NC(=O)CCOCCOCCOCCOCCOCCOCCNC(=O)[C@@H](CCCNC(=N)N)NC(=O)CCN=[N+]=[N-])CSSC[C@@H](C(=O)N[C@H](C(=O)O)[C@@H](C)O)NC(=O)[C@H](Cc2c[nH]c3ccccc23)NC(=O)[C@H](C(C)C)NC(=O)[C@H](CC(C)C)NC(=O)[C@H](CCC(=O)O)NC(O)CNC1=O. The predicted octanol–water partition coefficient (Wildman–Crippen LogP) is -2.85. The fraction of sp³-hybridized carbons (Fsp3) is 0.602. The molecule has 2 aromatic carbocycles. The number of aliphatic hydroxyl groups is 2. The molecule has 148 heavy (non-hydrogen) atoms. The Balaban J connectivity index is 1.23. The lowest BCUT2D eigenvalue weighted by molar-refractivity contribution is -0.145. The quantitative estimate of drug-likeness (QED) is 0.00354. The molecule has 3 aromatic heterocycles. The maximum absolute atomic E-state index is 15.3. The third-order valence-corrected chi connectivity index (χ3v) is 24.9. The number of guanidine groups is 1. The second-order valence-corrected chi connectivity index (χ2v) is 38.4. The van der Waals surface area contributed by atoms with Crippen molar-refractivity contribution in [3.63, 3.8) is 0 Å². The number of hydrogen-bond acceptors (Lipinski definition) is 31. The molecule has 0 aliphatic carbocycles. The summed E-state index contributed by atoms with van der Waals surface area (Å²) >= 11 is 0. The molecule has 4 heterocycles. The van der Waals surface area contributed by atoms with Gasteiger partial charge in [0.15, 0.2) is 12.0 Å². The van der Waals surface area contributed by atoms with Crippen LogP contribution in [0.2, 0.25) is 0 Å². The van der Waals surface area contributed by atoms with Crippen molar-refractivity contribution >= 4 is 150 Å². The van der Waals surface area contributed by atoms with Gasteiger partial charge >= 0.3 is 17.9 Å². The zero-order valence-corrected chi connectivity index (χ0v) is 85.5. The fourth-order valence-corrected chi connectivity index (χ4v) is 17.2. The number of aromatic nitrogens is 4. The van der Waals surface area contributed by atoms with Crippen molar-refractivity contribution in [3.8, 4) is 0 Å². The number of nitrogens with one attached hydrogen (secondary N) is 20. The zero-order valence-electron chi connectivity index (χ0n) is 83.8. The van der Waals surface area contributed by atoms with E-state index >= 15 is 19.2 Å². The third kappa shape index (κ3) is 46.4. The lowest BCUT2D eigenvalue weighted by Crippen LogP contribution is -2.61. The van der Waals surface area contributed by atoms with Gasteiger partial charge in [-0.05, 0) is 92.5 Å². The van der Waals surface area contributed by atoms with Crippen LogP contribution in [0.4, 0.5) is 0 Å². The van der Waals surface area contributed by atoms with Crippen LogP contribution in [0.15, 0.2) is 78.6 Å². The number of H-pyrrole nitrogens is 3. The Bertz CT molecular complexity index is 5200. The van der Waals surface area contributed by atoms with Crippen molar-refractivity contribution in [1.29, 1.82) is 5.41 Å². The number of β-amino-alcohol motifs (C(OH)–C–C–N with tert-alkyl or cyclic N) is 1. The maximum Gasteiger partial charge on any atom is 0.328 e.